The van der Waals surface area contributed by atoms with Crippen LogP contribution in [0, 0.1) is 0 Å². The molecule has 50 valence electrons. The van der Waals surface area contributed by atoms with Gasteiger partial charge in [-0.15, -0.1) is 0 Å². The molecule has 9 heavy (non-hydrogen) atoms. The van der Waals surface area contributed by atoms with Crippen LogP contribution in [0.3, 0.4) is 0 Å². The Labute approximate surface area is 54.6 Å². The van der Waals surface area contributed by atoms with Crippen LogP contribution in [0.2, 0.25) is 0 Å². The van der Waals surface area contributed by atoms with Gasteiger partial charge in [-0.2, -0.15) is 0 Å². The highest BCUT2D eigenvalue weighted by Crippen LogP contribution is 2.06. The molecule has 0 atom stereocenters. The van der Waals surface area contributed by atoms with Crippen molar-refractivity contribution in [1.29, 1.82) is 0 Å². The summed E-state index contributed by atoms with van der Waals surface area (Å²) in [5.74, 6) is 0.837. The van der Waals surface area contributed by atoms with E-state index in [4.69, 9.17) is 14.4 Å². The SMILES string of the molecule is OBOC1=CCOCC1. The molecule has 0 bridgehead atoms. The predicted molar refractivity (Wildman–Crippen MR) is 34.0 cm³/mol. The molecule has 0 spiro atoms. The number of hydrogen-bond donors (Lipinski definition) is 1. The Morgan fingerprint density at radius 2 is 2.67 bits per heavy atom. The summed E-state index contributed by atoms with van der Waals surface area (Å²) >= 11 is 0. The highest BCUT2D eigenvalue weighted by atomic mass is 16.5. The van der Waals surface area contributed by atoms with Gasteiger partial charge in [0.2, 0.25) is 0 Å². The van der Waals surface area contributed by atoms with Gasteiger partial charge in [0, 0.05) is 6.42 Å². The van der Waals surface area contributed by atoms with Gasteiger partial charge in [0.25, 0.3) is 0 Å². The normalized spacial score (nSPS) is 18.6. The van der Waals surface area contributed by atoms with Crippen LogP contribution >= 0.6 is 0 Å². The number of ether oxygens (including phenoxy) is 1. The number of hydrogen-bond acceptors (Lipinski definition) is 3. The van der Waals surface area contributed by atoms with Crippen molar-refractivity contribution in [2.75, 3.05) is 13.2 Å². The Hall–Kier alpha value is -0.475. The minimum Gasteiger partial charge on any atom is -0.542 e. The molecule has 0 aromatic heterocycles. The van der Waals surface area contributed by atoms with Crippen LogP contribution in [-0.2, 0) is 9.39 Å². The van der Waals surface area contributed by atoms with Gasteiger partial charge in [0.1, 0.15) is 0 Å². The van der Waals surface area contributed by atoms with E-state index in [0.29, 0.717) is 13.2 Å². The quantitative estimate of drug-likeness (QED) is 0.512. The third kappa shape index (κ3) is 2.07. The smallest absolute Gasteiger partial charge is 0.503 e. The van der Waals surface area contributed by atoms with Gasteiger partial charge in [0.15, 0.2) is 0 Å². The summed E-state index contributed by atoms with van der Waals surface area (Å²) in [6.45, 7) is 1.31. The van der Waals surface area contributed by atoms with E-state index in [1.807, 2.05) is 6.08 Å². The molecule has 1 aliphatic rings. The number of rotatable bonds is 2. The van der Waals surface area contributed by atoms with Gasteiger partial charge in [-0.25, -0.2) is 0 Å². The van der Waals surface area contributed by atoms with Crippen molar-refractivity contribution < 1.29 is 14.4 Å². The maximum absolute atomic E-state index is 8.31. The molecular formula is C5H9BO3. The molecule has 1 aliphatic heterocycles. The van der Waals surface area contributed by atoms with Gasteiger partial charge in [-0.3, -0.25) is 0 Å². The molecule has 1 heterocycles. The third-order valence-electron chi connectivity index (χ3n) is 1.17. The van der Waals surface area contributed by atoms with Gasteiger partial charge < -0.3 is 14.4 Å². The zero-order chi connectivity index (χ0) is 6.53. The van der Waals surface area contributed by atoms with Crippen LogP contribution in [0.1, 0.15) is 6.42 Å². The van der Waals surface area contributed by atoms with Crippen molar-refractivity contribution in [3.8, 4) is 0 Å². The Morgan fingerprint density at radius 1 is 1.78 bits per heavy atom. The maximum atomic E-state index is 8.31. The molecule has 0 amide bonds. The van der Waals surface area contributed by atoms with E-state index in [0.717, 1.165) is 12.2 Å². The van der Waals surface area contributed by atoms with E-state index >= 15 is 0 Å². The molecule has 1 rings (SSSR count). The lowest BCUT2D eigenvalue weighted by Crippen LogP contribution is -2.08. The van der Waals surface area contributed by atoms with Gasteiger partial charge in [-0.05, 0) is 6.08 Å². The highest BCUT2D eigenvalue weighted by Gasteiger charge is 2.02. The molecule has 4 heteroatoms. The molecule has 1 N–H and O–H groups in total. The Balaban J connectivity index is 2.28. The van der Waals surface area contributed by atoms with E-state index in [1.54, 1.807) is 0 Å². The van der Waals surface area contributed by atoms with Crippen LogP contribution < -0.4 is 0 Å². The molecule has 0 aromatic carbocycles. The first kappa shape index (κ1) is 6.64. The van der Waals surface area contributed by atoms with E-state index in [1.165, 1.54) is 0 Å². The summed E-state index contributed by atoms with van der Waals surface area (Å²) in [5.41, 5.74) is 0. The molecule has 0 saturated carbocycles. The fourth-order valence-corrected chi connectivity index (χ4v) is 0.724. The maximum Gasteiger partial charge on any atom is 0.503 e. The average Bonchev–Trinajstić information content (AvgIpc) is 1.91. The summed E-state index contributed by atoms with van der Waals surface area (Å²) in [7, 11) is -0.230. The highest BCUT2D eigenvalue weighted by molar-refractivity contribution is 6.16. The standard InChI is InChI=1S/C5H9BO3/c7-6-9-5-1-3-8-4-2-5/h1,6-7H,2-4H2. The van der Waals surface area contributed by atoms with Crippen molar-refractivity contribution in [1.82, 2.24) is 0 Å². The Kier molecular flexibility index (Phi) is 2.61. The van der Waals surface area contributed by atoms with E-state index < -0.39 is 0 Å². The van der Waals surface area contributed by atoms with Crippen LogP contribution in [0.5, 0.6) is 0 Å². The molecule has 0 unspecified atom stereocenters. The molecular weight excluding hydrogens is 119 g/mol. The zero-order valence-corrected chi connectivity index (χ0v) is 5.17. The summed E-state index contributed by atoms with van der Waals surface area (Å²) in [4.78, 5) is 0. The second kappa shape index (κ2) is 3.53. The van der Waals surface area contributed by atoms with Crippen LogP contribution in [0.25, 0.3) is 0 Å². The van der Waals surface area contributed by atoms with E-state index in [-0.39, 0.29) is 7.69 Å². The fraction of sp³-hybridized carbons (Fsp3) is 0.600. The summed E-state index contributed by atoms with van der Waals surface area (Å²) in [6.07, 6.45) is 2.61. The van der Waals surface area contributed by atoms with Crippen molar-refractivity contribution in [2.24, 2.45) is 0 Å². The van der Waals surface area contributed by atoms with Crippen molar-refractivity contribution in [3.05, 3.63) is 11.8 Å². The lowest BCUT2D eigenvalue weighted by Gasteiger charge is -2.12. The first-order chi connectivity index (χ1) is 4.43. The van der Waals surface area contributed by atoms with Crippen LogP contribution in [-0.4, -0.2) is 25.9 Å². The predicted octanol–water partition coefficient (Wildman–Crippen LogP) is -0.434. The van der Waals surface area contributed by atoms with E-state index in [9.17, 15) is 0 Å². The van der Waals surface area contributed by atoms with Gasteiger partial charge in [0.05, 0.1) is 19.0 Å². The molecule has 0 saturated heterocycles. The fourth-order valence-electron chi connectivity index (χ4n) is 0.724. The molecule has 0 radical (unpaired) electrons. The lowest BCUT2D eigenvalue weighted by atomic mass is 10.3. The van der Waals surface area contributed by atoms with Crippen LogP contribution in [0.4, 0.5) is 0 Å². The second-order valence-electron chi connectivity index (χ2n) is 1.77. The average molecular weight is 128 g/mol. The third-order valence-corrected chi connectivity index (χ3v) is 1.17. The van der Waals surface area contributed by atoms with Crippen molar-refractivity contribution >= 4 is 7.69 Å². The second-order valence-corrected chi connectivity index (χ2v) is 1.77. The van der Waals surface area contributed by atoms with Crippen molar-refractivity contribution in [3.63, 3.8) is 0 Å². The lowest BCUT2D eigenvalue weighted by molar-refractivity contribution is 0.137. The topological polar surface area (TPSA) is 38.7 Å². The first-order valence-electron chi connectivity index (χ1n) is 2.94. The minimum absolute atomic E-state index is 0.230. The summed E-state index contributed by atoms with van der Waals surface area (Å²) < 4.78 is 9.83. The monoisotopic (exact) mass is 128 g/mol. The Morgan fingerprint density at radius 3 is 3.22 bits per heavy atom. The first-order valence-corrected chi connectivity index (χ1v) is 2.94. The molecule has 3 nitrogen and oxygen atoms in total. The van der Waals surface area contributed by atoms with E-state index in [2.05, 4.69) is 0 Å². The van der Waals surface area contributed by atoms with Gasteiger partial charge >= 0.3 is 7.69 Å². The minimum atomic E-state index is -0.230. The molecule has 0 fully saturated rings. The largest absolute Gasteiger partial charge is 0.542 e. The van der Waals surface area contributed by atoms with Gasteiger partial charge in [-0.1, -0.05) is 0 Å². The molecule has 0 aliphatic carbocycles. The van der Waals surface area contributed by atoms with Crippen LogP contribution in [0.15, 0.2) is 11.8 Å². The zero-order valence-electron chi connectivity index (χ0n) is 5.17. The summed E-state index contributed by atoms with van der Waals surface area (Å²) in [5, 5.41) is 8.31. The Bertz CT molecular complexity index is 113. The summed E-state index contributed by atoms with van der Waals surface area (Å²) in [6, 6.07) is 0. The molecule has 0 aromatic rings. The van der Waals surface area contributed by atoms with Crippen molar-refractivity contribution in [2.45, 2.75) is 6.42 Å².